The molecule has 5 rings (SSSR count). The molecule has 0 radical (unpaired) electrons. The summed E-state index contributed by atoms with van der Waals surface area (Å²) < 4.78 is 0. The molecule has 0 saturated heterocycles. The second kappa shape index (κ2) is 6.30. The smallest absolute Gasteiger partial charge is 0.0473 e. The normalized spacial score (nSPS) is 11.1. The van der Waals surface area contributed by atoms with Crippen LogP contribution in [0.2, 0.25) is 0 Å². The van der Waals surface area contributed by atoms with Crippen LogP contribution in [0.3, 0.4) is 0 Å². The molecule has 5 aromatic rings. The molecule has 128 valence electrons. The lowest BCUT2D eigenvalue weighted by Crippen LogP contribution is -1.95. The molecule has 0 fully saturated rings. The molecule has 0 heterocycles. The third kappa shape index (κ3) is 2.56. The monoisotopic (exact) mass is 345 g/mol. The van der Waals surface area contributed by atoms with Gasteiger partial charge in [-0.1, -0.05) is 103 Å². The van der Waals surface area contributed by atoms with Crippen LogP contribution in [0.15, 0.2) is 103 Å². The lowest BCUT2D eigenvalue weighted by atomic mass is 9.88. The van der Waals surface area contributed by atoms with Crippen LogP contribution in [0, 0.1) is 0 Å². The summed E-state index contributed by atoms with van der Waals surface area (Å²) in [4.78, 5) is 0. The number of benzene rings is 5. The fourth-order valence-corrected chi connectivity index (χ4v) is 3.93. The highest BCUT2D eigenvalue weighted by molar-refractivity contribution is 6.10. The molecule has 0 aliphatic heterocycles. The molecule has 0 saturated carbocycles. The van der Waals surface area contributed by atoms with E-state index in [1.807, 2.05) is 6.07 Å². The van der Waals surface area contributed by atoms with E-state index in [-0.39, 0.29) is 0 Å². The maximum Gasteiger partial charge on any atom is 0.0473 e. The van der Waals surface area contributed by atoms with Crippen LogP contribution < -0.4 is 5.73 Å². The highest BCUT2D eigenvalue weighted by Crippen LogP contribution is 2.42. The van der Waals surface area contributed by atoms with Gasteiger partial charge in [-0.3, -0.25) is 0 Å². The average Bonchev–Trinajstić information content (AvgIpc) is 2.74. The van der Waals surface area contributed by atoms with Gasteiger partial charge in [-0.05, 0) is 32.8 Å². The van der Waals surface area contributed by atoms with Crippen molar-refractivity contribution in [3.8, 4) is 22.3 Å². The van der Waals surface area contributed by atoms with Crippen molar-refractivity contribution in [2.75, 3.05) is 5.73 Å². The minimum absolute atomic E-state index is 0.835. The number of nitrogens with two attached hydrogens (primary N) is 1. The van der Waals surface area contributed by atoms with Gasteiger partial charge in [-0.25, -0.2) is 0 Å². The minimum Gasteiger partial charge on any atom is -0.398 e. The summed E-state index contributed by atoms with van der Waals surface area (Å²) in [6.07, 6.45) is 0. The van der Waals surface area contributed by atoms with E-state index in [1.165, 1.54) is 32.8 Å². The predicted octanol–water partition coefficient (Wildman–Crippen LogP) is 6.91. The Hall–Kier alpha value is -3.58. The molecular formula is C26H19N. The van der Waals surface area contributed by atoms with Gasteiger partial charge in [0.05, 0.1) is 0 Å². The van der Waals surface area contributed by atoms with Gasteiger partial charge in [-0.2, -0.15) is 0 Å². The summed E-state index contributed by atoms with van der Waals surface area (Å²) in [6, 6.07) is 36.1. The van der Waals surface area contributed by atoms with E-state index in [2.05, 4.69) is 97.1 Å². The molecule has 0 spiro atoms. The quantitative estimate of drug-likeness (QED) is 0.346. The third-order valence-electron chi connectivity index (χ3n) is 5.25. The summed E-state index contributed by atoms with van der Waals surface area (Å²) in [5.41, 5.74) is 12.2. The zero-order chi connectivity index (χ0) is 18.2. The first-order valence-electron chi connectivity index (χ1n) is 9.18. The highest BCUT2D eigenvalue weighted by Gasteiger charge is 2.15. The standard InChI is InChI=1S/C26H19N/c27-26-23-13-7-5-11-20(23)15-17-24(26)25-21-12-6-4-10-19(21)14-16-22(25)18-8-2-1-3-9-18/h1-17H,27H2. The van der Waals surface area contributed by atoms with Crippen molar-refractivity contribution >= 4 is 27.2 Å². The number of rotatable bonds is 2. The molecule has 0 amide bonds. The second-order valence-electron chi connectivity index (χ2n) is 6.82. The number of anilines is 1. The summed E-state index contributed by atoms with van der Waals surface area (Å²) >= 11 is 0. The van der Waals surface area contributed by atoms with E-state index in [4.69, 9.17) is 5.73 Å². The van der Waals surface area contributed by atoms with E-state index >= 15 is 0 Å². The maximum atomic E-state index is 6.69. The van der Waals surface area contributed by atoms with Crippen LogP contribution >= 0.6 is 0 Å². The first-order valence-corrected chi connectivity index (χ1v) is 9.18. The predicted molar refractivity (Wildman–Crippen MR) is 117 cm³/mol. The molecule has 27 heavy (non-hydrogen) atoms. The molecule has 0 unspecified atom stereocenters. The summed E-state index contributed by atoms with van der Waals surface area (Å²) in [5.74, 6) is 0. The van der Waals surface area contributed by atoms with E-state index < -0.39 is 0 Å². The molecule has 1 heteroatoms. The van der Waals surface area contributed by atoms with Crippen LogP contribution in [0.25, 0.3) is 43.8 Å². The molecule has 5 aromatic carbocycles. The average molecular weight is 345 g/mol. The zero-order valence-corrected chi connectivity index (χ0v) is 14.9. The summed E-state index contributed by atoms with van der Waals surface area (Å²) in [6.45, 7) is 0. The topological polar surface area (TPSA) is 26.0 Å². The molecule has 1 nitrogen and oxygen atoms in total. The van der Waals surface area contributed by atoms with Gasteiger partial charge in [0, 0.05) is 16.6 Å². The fraction of sp³-hybridized carbons (Fsp3) is 0. The minimum atomic E-state index is 0.835. The van der Waals surface area contributed by atoms with Gasteiger partial charge in [-0.15, -0.1) is 0 Å². The lowest BCUT2D eigenvalue weighted by Gasteiger charge is -2.17. The van der Waals surface area contributed by atoms with Crippen LogP contribution in [-0.4, -0.2) is 0 Å². The Kier molecular flexibility index (Phi) is 3.65. The van der Waals surface area contributed by atoms with Crippen LogP contribution in [-0.2, 0) is 0 Å². The molecule has 0 aliphatic carbocycles. The summed E-state index contributed by atoms with van der Waals surface area (Å²) in [5, 5.41) is 4.71. The lowest BCUT2D eigenvalue weighted by molar-refractivity contribution is 1.62. The van der Waals surface area contributed by atoms with Gasteiger partial charge in [0.25, 0.3) is 0 Å². The van der Waals surface area contributed by atoms with Gasteiger partial charge in [0.15, 0.2) is 0 Å². The Morgan fingerprint density at radius 2 is 1.00 bits per heavy atom. The van der Waals surface area contributed by atoms with Gasteiger partial charge < -0.3 is 5.73 Å². The van der Waals surface area contributed by atoms with Crippen molar-refractivity contribution in [2.24, 2.45) is 0 Å². The highest BCUT2D eigenvalue weighted by atomic mass is 14.6. The van der Waals surface area contributed by atoms with E-state index in [0.29, 0.717) is 0 Å². The number of hydrogen-bond donors (Lipinski definition) is 1. The maximum absolute atomic E-state index is 6.69. The Morgan fingerprint density at radius 1 is 0.444 bits per heavy atom. The number of nitrogen functional groups attached to an aromatic ring is 1. The first-order chi connectivity index (χ1) is 13.3. The Bertz CT molecular complexity index is 1270. The Balaban J connectivity index is 1.91. The first kappa shape index (κ1) is 15.7. The fourth-order valence-electron chi connectivity index (χ4n) is 3.93. The van der Waals surface area contributed by atoms with Gasteiger partial charge >= 0.3 is 0 Å². The van der Waals surface area contributed by atoms with E-state index in [1.54, 1.807) is 0 Å². The van der Waals surface area contributed by atoms with E-state index in [9.17, 15) is 0 Å². The molecule has 0 atom stereocenters. The molecule has 2 N–H and O–H groups in total. The second-order valence-corrected chi connectivity index (χ2v) is 6.82. The van der Waals surface area contributed by atoms with Gasteiger partial charge in [0.1, 0.15) is 0 Å². The molecule has 0 aromatic heterocycles. The van der Waals surface area contributed by atoms with Gasteiger partial charge in [0.2, 0.25) is 0 Å². The van der Waals surface area contributed by atoms with Crippen molar-refractivity contribution < 1.29 is 0 Å². The van der Waals surface area contributed by atoms with Crippen LogP contribution in [0.5, 0.6) is 0 Å². The molecule has 0 aliphatic rings. The van der Waals surface area contributed by atoms with Crippen molar-refractivity contribution in [2.45, 2.75) is 0 Å². The zero-order valence-electron chi connectivity index (χ0n) is 14.9. The van der Waals surface area contributed by atoms with Crippen molar-refractivity contribution in [3.05, 3.63) is 103 Å². The molecular weight excluding hydrogens is 326 g/mol. The van der Waals surface area contributed by atoms with Crippen molar-refractivity contribution in [1.29, 1.82) is 0 Å². The van der Waals surface area contributed by atoms with Crippen molar-refractivity contribution in [1.82, 2.24) is 0 Å². The molecule has 0 bridgehead atoms. The summed E-state index contributed by atoms with van der Waals surface area (Å²) in [7, 11) is 0. The van der Waals surface area contributed by atoms with Crippen LogP contribution in [0.1, 0.15) is 0 Å². The largest absolute Gasteiger partial charge is 0.398 e. The number of fused-ring (bicyclic) bond motifs is 2. The Labute approximate surface area is 158 Å². The third-order valence-corrected chi connectivity index (χ3v) is 5.25. The van der Waals surface area contributed by atoms with Crippen molar-refractivity contribution in [3.63, 3.8) is 0 Å². The van der Waals surface area contributed by atoms with Crippen LogP contribution in [0.4, 0.5) is 5.69 Å². The Morgan fingerprint density at radius 3 is 1.74 bits per heavy atom. The number of hydrogen-bond acceptors (Lipinski definition) is 1. The van der Waals surface area contributed by atoms with E-state index in [0.717, 1.165) is 16.6 Å². The SMILES string of the molecule is Nc1c(-c2c(-c3ccccc3)ccc3ccccc23)ccc2ccccc12.